The number of benzene rings is 3. The third kappa shape index (κ3) is 2.05. The molecule has 0 amide bonds. The molecular formula is C30H24N2. The van der Waals surface area contributed by atoms with Crippen molar-refractivity contribution in [3.8, 4) is 16.9 Å². The summed E-state index contributed by atoms with van der Waals surface area (Å²) in [6.07, 6.45) is 7.62. The molecule has 154 valence electrons. The van der Waals surface area contributed by atoms with Crippen molar-refractivity contribution in [1.82, 2.24) is 0 Å². The van der Waals surface area contributed by atoms with E-state index < -0.39 is 0 Å². The number of pyridine rings is 1. The lowest BCUT2D eigenvalue weighted by Gasteiger charge is -2.37. The first-order chi connectivity index (χ1) is 15.9. The molecular weight excluding hydrogens is 388 g/mol. The normalized spacial score (nSPS) is 20.6. The molecule has 0 N–H and O–H groups in total. The van der Waals surface area contributed by atoms with Gasteiger partial charge in [0.15, 0.2) is 5.52 Å². The van der Waals surface area contributed by atoms with E-state index in [2.05, 4.69) is 94.2 Å². The van der Waals surface area contributed by atoms with Crippen LogP contribution in [0.3, 0.4) is 0 Å². The summed E-state index contributed by atoms with van der Waals surface area (Å²) in [5.74, 6) is 2.75. The highest BCUT2D eigenvalue weighted by molar-refractivity contribution is 6.06. The van der Waals surface area contributed by atoms with Gasteiger partial charge in [-0.1, -0.05) is 67.3 Å². The second-order valence-electron chi connectivity index (χ2n) is 9.74. The van der Waals surface area contributed by atoms with Crippen LogP contribution in [0.1, 0.15) is 30.4 Å². The van der Waals surface area contributed by atoms with E-state index >= 15 is 0 Å². The molecule has 2 unspecified atom stereocenters. The average molecular weight is 413 g/mol. The summed E-state index contributed by atoms with van der Waals surface area (Å²) in [4.78, 5) is 0. The van der Waals surface area contributed by atoms with Gasteiger partial charge in [-0.2, -0.15) is 4.57 Å². The first kappa shape index (κ1) is 17.1. The Morgan fingerprint density at radius 3 is 2.69 bits per heavy atom. The van der Waals surface area contributed by atoms with Crippen molar-refractivity contribution in [1.29, 1.82) is 0 Å². The van der Waals surface area contributed by atoms with Crippen LogP contribution in [-0.4, -0.2) is 0 Å². The van der Waals surface area contributed by atoms with Gasteiger partial charge in [0.25, 0.3) is 0 Å². The lowest BCUT2D eigenvalue weighted by Crippen LogP contribution is -2.59. The van der Waals surface area contributed by atoms with Crippen molar-refractivity contribution in [3.05, 3.63) is 102 Å². The second kappa shape index (κ2) is 6.04. The summed E-state index contributed by atoms with van der Waals surface area (Å²) in [5, 5.41) is 2.75. The van der Waals surface area contributed by atoms with Crippen LogP contribution in [0.25, 0.3) is 38.8 Å². The molecule has 1 fully saturated rings. The van der Waals surface area contributed by atoms with Gasteiger partial charge in [0, 0.05) is 11.5 Å². The van der Waals surface area contributed by atoms with Gasteiger partial charge >= 0.3 is 5.82 Å². The largest absolute Gasteiger partial charge is 0.381 e. The van der Waals surface area contributed by atoms with Crippen molar-refractivity contribution in [2.75, 3.05) is 0 Å². The Morgan fingerprint density at radius 2 is 1.75 bits per heavy atom. The third-order valence-electron chi connectivity index (χ3n) is 8.20. The Kier molecular flexibility index (Phi) is 3.22. The van der Waals surface area contributed by atoms with Crippen molar-refractivity contribution in [3.63, 3.8) is 0 Å². The van der Waals surface area contributed by atoms with Crippen molar-refractivity contribution in [2.24, 2.45) is 11.8 Å². The molecule has 2 nitrogen and oxygen atoms in total. The topological polar surface area (TPSA) is 7.76 Å². The molecule has 8 rings (SSSR count). The van der Waals surface area contributed by atoms with E-state index in [0.29, 0.717) is 5.92 Å². The highest BCUT2D eigenvalue weighted by Crippen LogP contribution is 2.49. The summed E-state index contributed by atoms with van der Waals surface area (Å²) >= 11 is 0. The highest BCUT2D eigenvalue weighted by atomic mass is 15.2. The van der Waals surface area contributed by atoms with Gasteiger partial charge in [-0.15, -0.1) is 18.2 Å². The van der Waals surface area contributed by atoms with E-state index in [0.717, 1.165) is 5.92 Å². The second-order valence-corrected chi connectivity index (χ2v) is 9.74. The number of aromatic nitrogens is 2. The third-order valence-corrected chi connectivity index (χ3v) is 8.20. The van der Waals surface area contributed by atoms with E-state index in [1.807, 2.05) is 0 Å². The van der Waals surface area contributed by atoms with Gasteiger partial charge in [0.1, 0.15) is 17.8 Å². The molecule has 0 spiro atoms. The molecule has 3 heterocycles. The van der Waals surface area contributed by atoms with E-state index in [-0.39, 0.29) is 0 Å². The maximum absolute atomic E-state index is 2.54. The van der Waals surface area contributed by atoms with E-state index in [4.69, 9.17) is 0 Å². The number of hydrogen-bond donors (Lipinski definition) is 0. The molecule has 3 aromatic carbocycles. The maximum Gasteiger partial charge on any atom is 0.381 e. The molecule has 0 radical (unpaired) electrons. The minimum absolute atomic E-state index is 0.672. The Morgan fingerprint density at radius 1 is 0.844 bits per heavy atom. The molecule has 32 heavy (non-hydrogen) atoms. The summed E-state index contributed by atoms with van der Waals surface area (Å²) in [7, 11) is 0. The standard InChI is InChI=1S/C30H24N2/c1-2-7-19(8-3-1)20-15-16-31-27(18-20)32-26-12-5-4-10-24(26)25-14-13-22-17-21-9-6-11-23(21)29(31)28(22)30(25)32/h1-5,7-8,10,12-16,18,21,23H,6,9,11,17H2. The van der Waals surface area contributed by atoms with Crippen LogP contribution in [0.2, 0.25) is 0 Å². The molecule has 1 aliphatic heterocycles. The van der Waals surface area contributed by atoms with E-state index in [9.17, 15) is 0 Å². The Hall–Kier alpha value is -3.52. The fourth-order valence-electron chi connectivity index (χ4n) is 6.88. The Balaban J connectivity index is 1.53. The number of hydrogen-bond acceptors (Lipinski definition) is 0. The fourth-order valence-corrected chi connectivity index (χ4v) is 6.88. The van der Waals surface area contributed by atoms with Crippen LogP contribution in [0.4, 0.5) is 0 Å². The maximum atomic E-state index is 2.54. The summed E-state index contributed by atoms with van der Waals surface area (Å²) < 4.78 is 5.07. The highest BCUT2D eigenvalue weighted by Gasteiger charge is 2.48. The number of nitrogens with zero attached hydrogens (tertiary/aromatic N) is 2. The Bertz CT molecular complexity index is 1540. The van der Waals surface area contributed by atoms with Gasteiger partial charge in [0.05, 0.1) is 6.07 Å². The van der Waals surface area contributed by atoms with Crippen LogP contribution in [-0.2, 0) is 6.42 Å². The van der Waals surface area contributed by atoms with Gasteiger partial charge < -0.3 is 0 Å². The van der Waals surface area contributed by atoms with Crippen LogP contribution in [0.5, 0.6) is 0 Å². The van der Waals surface area contributed by atoms with Crippen LogP contribution < -0.4 is 9.13 Å². The van der Waals surface area contributed by atoms with Gasteiger partial charge in [-0.05, 0) is 46.4 Å². The zero-order valence-electron chi connectivity index (χ0n) is 18.0. The predicted molar refractivity (Wildman–Crippen MR) is 126 cm³/mol. The molecule has 0 bridgehead atoms. The predicted octanol–water partition coefficient (Wildman–Crippen LogP) is 5.66. The molecule has 3 aliphatic rings. The zero-order chi connectivity index (χ0) is 20.8. The van der Waals surface area contributed by atoms with Gasteiger partial charge in [-0.3, -0.25) is 0 Å². The van der Waals surface area contributed by atoms with Crippen LogP contribution in [0.15, 0.2) is 85.1 Å². The minimum Gasteiger partial charge on any atom is -0.205 e. The first-order valence-electron chi connectivity index (χ1n) is 11.9. The molecule has 1 saturated carbocycles. The quantitative estimate of drug-likeness (QED) is 0.248. The zero-order valence-corrected chi connectivity index (χ0v) is 18.0. The average Bonchev–Trinajstić information content (AvgIpc) is 3.46. The van der Waals surface area contributed by atoms with E-state index in [1.54, 1.807) is 11.6 Å². The fraction of sp³-hybridized carbons (Fsp3) is 0.200. The minimum atomic E-state index is 0.672. The summed E-state index contributed by atoms with van der Waals surface area (Å²) in [5.41, 5.74) is 8.35. The summed E-state index contributed by atoms with van der Waals surface area (Å²) in [6.45, 7) is 0. The summed E-state index contributed by atoms with van der Waals surface area (Å²) in [6, 6.07) is 30.8. The van der Waals surface area contributed by atoms with Crippen molar-refractivity contribution >= 4 is 21.8 Å². The monoisotopic (exact) mass is 412 g/mol. The molecule has 2 atom stereocenters. The van der Waals surface area contributed by atoms with Crippen molar-refractivity contribution in [2.45, 2.75) is 25.7 Å². The SMILES string of the molecule is c1ccc(-c2cc[n+]3c(c2)-[n+]2c4c5c(ccc4c4cccc[c-]42)CC2CCCC2[C-]53)cc1. The molecule has 2 heteroatoms. The van der Waals surface area contributed by atoms with Crippen LogP contribution >= 0.6 is 0 Å². The molecule has 5 aromatic rings. The van der Waals surface area contributed by atoms with Crippen molar-refractivity contribution < 1.29 is 9.13 Å². The lowest BCUT2D eigenvalue weighted by atomic mass is 9.73. The van der Waals surface area contributed by atoms with Gasteiger partial charge in [0.2, 0.25) is 0 Å². The van der Waals surface area contributed by atoms with E-state index in [1.165, 1.54) is 70.0 Å². The molecule has 0 saturated heterocycles. The smallest absolute Gasteiger partial charge is 0.205 e. The first-order valence-corrected chi connectivity index (χ1v) is 11.9. The number of fused-ring (bicyclic) bond motifs is 8. The molecule has 2 aromatic heterocycles. The number of rotatable bonds is 1. The molecule has 2 aliphatic carbocycles. The van der Waals surface area contributed by atoms with Gasteiger partial charge in [-0.25, -0.2) is 4.57 Å². The lowest BCUT2D eigenvalue weighted by molar-refractivity contribution is -0.758. The Labute approximate surface area is 187 Å². The van der Waals surface area contributed by atoms with Crippen LogP contribution in [0, 0.1) is 17.9 Å². The number of para-hydroxylation sites is 1.